The molecule has 0 radical (unpaired) electrons. The SMILES string of the molecule is CCS(=O)(=O)N1CCC([C@@H](C)n2c(C)c(C(=O)NCc3c(SC)cc(C)[nH]c3=O)c3ccccc32)CC1. The van der Waals surface area contributed by atoms with Gasteiger partial charge in [0.15, 0.2) is 0 Å². The average molecular weight is 545 g/mol. The van der Waals surface area contributed by atoms with Crippen LogP contribution in [0.15, 0.2) is 40.0 Å². The standard InChI is InChI=1S/C27H36N4O4S2/c1-6-37(34,35)30-13-11-20(12-14-30)18(3)31-19(4)25(21-9-7-8-10-23(21)31)27(33)28-16-22-24(36-5)15-17(2)29-26(22)32/h7-10,15,18,20H,6,11-14,16H2,1-5H3,(H,28,33)(H,29,32)/t18-/m1/s1. The molecule has 1 saturated heterocycles. The van der Waals surface area contributed by atoms with E-state index in [2.05, 4.69) is 21.8 Å². The van der Waals surface area contributed by atoms with Crippen LogP contribution in [0.2, 0.25) is 0 Å². The molecule has 1 aromatic carbocycles. The second-order valence-corrected chi connectivity index (χ2v) is 12.8. The van der Waals surface area contributed by atoms with Crippen molar-refractivity contribution in [1.29, 1.82) is 0 Å². The second-order valence-electron chi connectivity index (χ2n) is 9.74. The van der Waals surface area contributed by atoms with Crippen LogP contribution >= 0.6 is 11.8 Å². The Kier molecular flexibility index (Phi) is 8.20. The van der Waals surface area contributed by atoms with Crippen LogP contribution in [0.4, 0.5) is 0 Å². The fourth-order valence-electron chi connectivity index (χ4n) is 5.53. The number of benzene rings is 1. The maximum Gasteiger partial charge on any atom is 0.254 e. The Balaban J connectivity index is 1.61. The minimum Gasteiger partial charge on any atom is -0.348 e. The van der Waals surface area contributed by atoms with Crippen molar-refractivity contribution >= 4 is 38.6 Å². The van der Waals surface area contributed by atoms with E-state index in [0.29, 0.717) is 30.1 Å². The molecule has 200 valence electrons. The number of thioether (sulfide) groups is 1. The fraction of sp³-hybridized carbons (Fsp3) is 0.481. The molecule has 2 N–H and O–H groups in total. The predicted octanol–water partition coefficient (Wildman–Crippen LogP) is 4.22. The highest BCUT2D eigenvalue weighted by Gasteiger charge is 2.32. The Bertz CT molecular complexity index is 1470. The summed E-state index contributed by atoms with van der Waals surface area (Å²) >= 11 is 1.49. The Morgan fingerprint density at radius 3 is 2.54 bits per heavy atom. The Labute approximate surface area is 222 Å². The molecule has 1 amide bonds. The van der Waals surface area contributed by atoms with Gasteiger partial charge < -0.3 is 14.9 Å². The number of amides is 1. The number of rotatable bonds is 8. The summed E-state index contributed by atoms with van der Waals surface area (Å²) in [5.41, 5.74) is 3.62. The van der Waals surface area contributed by atoms with Crippen molar-refractivity contribution in [3.63, 3.8) is 0 Å². The van der Waals surface area contributed by atoms with Crippen molar-refractivity contribution in [3.05, 3.63) is 63.2 Å². The van der Waals surface area contributed by atoms with Gasteiger partial charge in [0.25, 0.3) is 11.5 Å². The van der Waals surface area contributed by atoms with Crippen LogP contribution in [0, 0.1) is 19.8 Å². The van der Waals surface area contributed by atoms with Gasteiger partial charge in [-0.05, 0) is 64.8 Å². The number of sulfonamides is 1. The van der Waals surface area contributed by atoms with Gasteiger partial charge in [-0.15, -0.1) is 11.8 Å². The Morgan fingerprint density at radius 2 is 1.89 bits per heavy atom. The molecule has 0 unspecified atom stereocenters. The number of hydrogen-bond acceptors (Lipinski definition) is 5. The van der Waals surface area contributed by atoms with Crippen molar-refractivity contribution in [3.8, 4) is 0 Å². The van der Waals surface area contributed by atoms with Crippen LogP contribution in [0.25, 0.3) is 10.9 Å². The number of carbonyl (C=O) groups is 1. The van der Waals surface area contributed by atoms with Crippen molar-refractivity contribution in [1.82, 2.24) is 19.2 Å². The zero-order valence-electron chi connectivity index (χ0n) is 22.1. The lowest BCUT2D eigenvalue weighted by Gasteiger charge is -2.35. The number of aromatic nitrogens is 2. The van der Waals surface area contributed by atoms with Crippen LogP contribution in [-0.2, 0) is 16.6 Å². The third-order valence-electron chi connectivity index (χ3n) is 7.60. The van der Waals surface area contributed by atoms with E-state index in [1.165, 1.54) is 11.8 Å². The molecular weight excluding hydrogens is 508 g/mol. The van der Waals surface area contributed by atoms with Gasteiger partial charge in [0.2, 0.25) is 10.0 Å². The lowest BCUT2D eigenvalue weighted by Crippen LogP contribution is -2.40. The molecule has 0 saturated carbocycles. The number of nitrogens with zero attached hydrogens (tertiary/aromatic N) is 2. The van der Waals surface area contributed by atoms with Gasteiger partial charge >= 0.3 is 0 Å². The third kappa shape index (κ3) is 5.37. The topological polar surface area (TPSA) is 104 Å². The number of fused-ring (bicyclic) bond motifs is 1. The Hall–Kier alpha value is -2.56. The largest absolute Gasteiger partial charge is 0.348 e. The van der Waals surface area contributed by atoms with E-state index in [0.717, 1.165) is 40.0 Å². The monoisotopic (exact) mass is 544 g/mol. The van der Waals surface area contributed by atoms with Crippen LogP contribution in [-0.4, -0.2) is 53.3 Å². The number of nitrogens with one attached hydrogen (secondary N) is 2. The zero-order chi connectivity index (χ0) is 26.9. The molecule has 1 aliphatic rings. The number of para-hydroxylation sites is 1. The smallest absolute Gasteiger partial charge is 0.254 e. The van der Waals surface area contributed by atoms with E-state index in [-0.39, 0.29) is 29.8 Å². The van der Waals surface area contributed by atoms with Gasteiger partial charge in [-0.3, -0.25) is 9.59 Å². The molecule has 10 heteroatoms. The van der Waals surface area contributed by atoms with Crippen molar-refractivity contribution in [2.24, 2.45) is 5.92 Å². The van der Waals surface area contributed by atoms with E-state index in [1.54, 1.807) is 11.2 Å². The summed E-state index contributed by atoms with van der Waals surface area (Å²) in [6.45, 7) is 8.85. The molecule has 1 atom stereocenters. The highest BCUT2D eigenvalue weighted by Crippen LogP contribution is 2.36. The molecule has 3 aromatic rings. The zero-order valence-corrected chi connectivity index (χ0v) is 23.8. The summed E-state index contributed by atoms with van der Waals surface area (Å²) in [7, 11) is -3.18. The van der Waals surface area contributed by atoms with Gasteiger partial charge in [0, 0.05) is 58.4 Å². The second kappa shape index (κ2) is 11.0. The molecule has 0 aliphatic carbocycles. The van der Waals surface area contributed by atoms with Gasteiger partial charge in [-0.25, -0.2) is 12.7 Å². The number of pyridine rings is 1. The molecule has 37 heavy (non-hydrogen) atoms. The average Bonchev–Trinajstić information content (AvgIpc) is 3.18. The summed E-state index contributed by atoms with van der Waals surface area (Å²) < 4.78 is 28.4. The molecule has 4 rings (SSSR count). The molecular formula is C27H36N4O4S2. The van der Waals surface area contributed by atoms with E-state index < -0.39 is 10.0 Å². The number of aryl methyl sites for hydroxylation is 1. The van der Waals surface area contributed by atoms with Crippen LogP contribution < -0.4 is 10.9 Å². The van der Waals surface area contributed by atoms with Gasteiger partial charge in [0.05, 0.1) is 11.3 Å². The van der Waals surface area contributed by atoms with Crippen molar-refractivity contribution in [2.75, 3.05) is 25.1 Å². The lowest BCUT2D eigenvalue weighted by molar-refractivity contribution is 0.0951. The van der Waals surface area contributed by atoms with Crippen molar-refractivity contribution < 1.29 is 13.2 Å². The third-order valence-corrected chi connectivity index (χ3v) is 10.3. The Morgan fingerprint density at radius 1 is 1.22 bits per heavy atom. The fourth-order valence-corrected chi connectivity index (χ4v) is 7.36. The highest BCUT2D eigenvalue weighted by atomic mass is 32.2. The summed E-state index contributed by atoms with van der Waals surface area (Å²) in [6.07, 6.45) is 3.48. The van der Waals surface area contributed by atoms with Crippen LogP contribution in [0.1, 0.15) is 60.0 Å². The summed E-state index contributed by atoms with van der Waals surface area (Å²) in [4.78, 5) is 29.7. The first-order valence-electron chi connectivity index (χ1n) is 12.7. The highest BCUT2D eigenvalue weighted by molar-refractivity contribution is 7.98. The van der Waals surface area contributed by atoms with Gasteiger partial charge in [0.1, 0.15) is 0 Å². The number of piperidine rings is 1. The lowest BCUT2D eigenvalue weighted by atomic mass is 9.91. The van der Waals surface area contributed by atoms with Crippen molar-refractivity contribution in [2.45, 2.75) is 58.0 Å². The minimum atomic E-state index is -3.18. The molecule has 1 aliphatic heterocycles. The quantitative estimate of drug-likeness (QED) is 0.413. The van der Waals surface area contributed by atoms with Crippen LogP contribution in [0.3, 0.4) is 0 Å². The number of aromatic amines is 1. The van der Waals surface area contributed by atoms with E-state index in [4.69, 9.17) is 0 Å². The first-order chi connectivity index (χ1) is 17.6. The number of carbonyl (C=O) groups excluding carboxylic acids is 1. The number of H-pyrrole nitrogens is 1. The molecule has 2 aromatic heterocycles. The summed E-state index contributed by atoms with van der Waals surface area (Å²) in [5, 5.41) is 3.86. The van der Waals surface area contributed by atoms with E-state index in [1.807, 2.05) is 50.4 Å². The van der Waals surface area contributed by atoms with E-state index >= 15 is 0 Å². The first kappa shape index (κ1) is 27.5. The first-order valence-corrected chi connectivity index (χ1v) is 15.5. The number of hydrogen-bond donors (Lipinski definition) is 2. The summed E-state index contributed by atoms with van der Waals surface area (Å²) in [6, 6.07) is 9.91. The van der Waals surface area contributed by atoms with E-state index in [9.17, 15) is 18.0 Å². The van der Waals surface area contributed by atoms with Gasteiger partial charge in [-0.2, -0.15) is 0 Å². The maximum absolute atomic E-state index is 13.5. The molecule has 8 nitrogen and oxygen atoms in total. The minimum absolute atomic E-state index is 0.0981. The predicted molar refractivity (Wildman–Crippen MR) is 150 cm³/mol. The molecule has 0 spiro atoms. The maximum atomic E-state index is 13.5. The molecule has 0 bridgehead atoms. The van der Waals surface area contributed by atoms with Gasteiger partial charge in [-0.1, -0.05) is 18.2 Å². The molecule has 3 heterocycles. The normalized spacial score (nSPS) is 16.2. The summed E-state index contributed by atoms with van der Waals surface area (Å²) in [5.74, 6) is 0.208. The van der Waals surface area contributed by atoms with Crippen LogP contribution in [0.5, 0.6) is 0 Å². The molecule has 1 fully saturated rings.